The third-order valence-corrected chi connectivity index (χ3v) is 5.78. The van der Waals surface area contributed by atoms with Crippen LogP contribution in [0.3, 0.4) is 0 Å². The Morgan fingerprint density at radius 3 is 2.70 bits per heavy atom. The second-order valence-corrected chi connectivity index (χ2v) is 7.87. The van der Waals surface area contributed by atoms with Crippen LogP contribution in [0.5, 0.6) is 0 Å². The number of hydrogen-bond donors (Lipinski definition) is 1. The number of aryl methyl sites for hydroxylation is 1. The molecule has 0 saturated carbocycles. The predicted octanol–water partition coefficient (Wildman–Crippen LogP) is 5.07. The Labute approximate surface area is 182 Å². The quantitative estimate of drug-likeness (QED) is 0.425. The van der Waals surface area contributed by atoms with Crippen LogP contribution in [0, 0.1) is 0 Å². The van der Waals surface area contributed by atoms with Crippen LogP contribution in [-0.4, -0.2) is 28.4 Å². The van der Waals surface area contributed by atoms with Crippen molar-refractivity contribution >= 4 is 45.5 Å². The van der Waals surface area contributed by atoms with Crippen molar-refractivity contribution in [2.75, 3.05) is 12.4 Å². The van der Waals surface area contributed by atoms with Gasteiger partial charge in [0.25, 0.3) is 0 Å². The number of carbonyl (C=O) groups excluding carboxylic acids is 2. The lowest BCUT2D eigenvalue weighted by Gasteiger charge is -2.09. The number of carbonyl (C=O) groups is 2. The summed E-state index contributed by atoms with van der Waals surface area (Å²) in [5.74, 6) is -0.665. The molecule has 0 radical (unpaired) electrons. The fourth-order valence-electron chi connectivity index (χ4n) is 3.10. The lowest BCUT2D eigenvalue weighted by Crippen LogP contribution is -2.16. The number of para-hydroxylation sites is 1. The van der Waals surface area contributed by atoms with Crippen molar-refractivity contribution < 1.29 is 14.3 Å². The SMILES string of the molecule is COC(=O)c1ccccc1NC(=O)CCc1csc2nc(-c3ccc(Cl)cc3)cn12. The van der Waals surface area contributed by atoms with Crippen molar-refractivity contribution in [1.29, 1.82) is 0 Å². The molecule has 0 fully saturated rings. The summed E-state index contributed by atoms with van der Waals surface area (Å²) in [5.41, 5.74) is 3.61. The Morgan fingerprint density at radius 2 is 1.93 bits per heavy atom. The van der Waals surface area contributed by atoms with E-state index in [1.165, 1.54) is 18.4 Å². The molecule has 8 heteroatoms. The molecule has 0 atom stereocenters. The van der Waals surface area contributed by atoms with Crippen molar-refractivity contribution in [3.8, 4) is 11.3 Å². The van der Waals surface area contributed by atoms with E-state index in [1.54, 1.807) is 24.3 Å². The summed E-state index contributed by atoms with van der Waals surface area (Å²) in [6.45, 7) is 0. The van der Waals surface area contributed by atoms with Crippen LogP contribution in [0.25, 0.3) is 16.2 Å². The number of nitrogens with zero attached hydrogens (tertiary/aromatic N) is 2. The number of nitrogens with one attached hydrogen (secondary N) is 1. The summed E-state index contributed by atoms with van der Waals surface area (Å²) >= 11 is 7.49. The molecule has 0 saturated heterocycles. The maximum absolute atomic E-state index is 12.5. The molecule has 0 aliphatic carbocycles. The number of fused-ring (bicyclic) bond motifs is 1. The number of methoxy groups -OCH3 is 1. The number of thiazole rings is 1. The fourth-order valence-corrected chi connectivity index (χ4v) is 4.14. The zero-order valence-electron chi connectivity index (χ0n) is 16.1. The summed E-state index contributed by atoms with van der Waals surface area (Å²) in [5, 5.41) is 5.48. The predicted molar refractivity (Wildman–Crippen MR) is 118 cm³/mol. The van der Waals surface area contributed by atoms with Crippen LogP contribution in [-0.2, 0) is 16.0 Å². The minimum atomic E-state index is -0.487. The normalized spacial score (nSPS) is 10.9. The maximum atomic E-state index is 12.5. The first-order valence-electron chi connectivity index (χ1n) is 9.24. The standard InChI is InChI=1S/C22H18ClN3O3S/c1-29-21(28)17-4-2-3-5-18(17)24-20(27)11-10-16-13-30-22-25-19(12-26(16)22)14-6-8-15(23)9-7-14/h2-9,12-13H,10-11H2,1H3,(H,24,27). The van der Waals surface area contributed by atoms with Gasteiger partial charge in [0.2, 0.25) is 5.91 Å². The van der Waals surface area contributed by atoms with E-state index < -0.39 is 5.97 Å². The van der Waals surface area contributed by atoms with Crippen molar-refractivity contribution in [3.05, 3.63) is 76.4 Å². The van der Waals surface area contributed by atoms with Gasteiger partial charge in [0.15, 0.2) is 4.96 Å². The van der Waals surface area contributed by atoms with Gasteiger partial charge in [-0.25, -0.2) is 9.78 Å². The Kier molecular flexibility index (Phi) is 5.83. The summed E-state index contributed by atoms with van der Waals surface area (Å²) in [6.07, 6.45) is 2.79. The summed E-state index contributed by atoms with van der Waals surface area (Å²) in [4.78, 5) is 29.8. The first-order valence-corrected chi connectivity index (χ1v) is 10.5. The summed E-state index contributed by atoms with van der Waals surface area (Å²) in [7, 11) is 1.31. The van der Waals surface area contributed by atoms with E-state index in [9.17, 15) is 9.59 Å². The number of ether oxygens (including phenoxy) is 1. The number of rotatable bonds is 6. The molecule has 0 unspecified atom stereocenters. The van der Waals surface area contributed by atoms with Crippen molar-refractivity contribution in [1.82, 2.24) is 9.38 Å². The van der Waals surface area contributed by atoms with E-state index in [1.807, 2.05) is 40.2 Å². The van der Waals surface area contributed by atoms with E-state index in [2.05, 4.69) is 10.3 Å². The van der Waals surface area contributed by atoms with Crippen LogP contribution < -0.4 is 5.32 Å². The molecule has 2 aromatic carbocycles. The summed E-state index contributed by atoms with van der Waals surface area (Å²) in [6, 6.07) is 14.3. The van der Waals surface area contributed by atoms with Crippen molar-refractivity contribution in [2.24, 2.45) is 0 Å². The fraction of sp³-hybridized carbons (Fsp3) is 0.136. The van der Waals surface area contributed by atoms with Crippen LogP contribution in [0.1, 0.15) is 22.5 Å². The molecule has 0 aliphatic heterocycles. The van der Waals surface area contributed by atoms with Gasteiger partial charge < -0.3 is 10.1 Å². The number of anilines is 1. The van der Waals surface area contributed by atoms with Crippen molar-refractivity contribution in [2.45, 2.75) is 12.8 Å². The Morgan fingerprint density at radius 1 is 1.17 bits per heavy atom. The maximum Gasteiger partial charge on any atom is 0.339 e. The molecule has 0 spiro atoms. The number of hydrogen-bond acceptors (Lipinski definition) is 5. The lowest BCUT2D eigenvalue weighted by atomic mass is 10.1. The molecule has 0 bridgehead atoms. The number of aromatic nitrogens is 2. The van der Waals surface area contributed by atoms with Crippen LogP contribution >= 0.6 is 22.9 Å². The molecule has 1 amide bonds. The van der Waals surface area contributed by atoms with Gasteiger partial charge >= 0.3 is 5.97 Å². The molecular formula is C22H18ClN3O3S. The third kappa shape index (κ3) is 4.22. The highest BCUT2D eigenvalue weighted by Gasteiger charge is 2.15. The number of benzene rings is 2. The first kappa shape index (κ1) is 20.1. The van der Waals surface area contributed by atoms with Crippen LogP contribution in [0.4, 0.5) is 5.69 Å². The van der Waals surface area contributed by atoms with Crippen LogP contribution in [0.2, 0.25) is 5.02 Å². The third-order valence-electron chi connectivity index (χ3n) is 4.64. The molecule has 0 aliphatic rings. The zero-order chi connectivity index (χ0) is 21.1. The van der Waals surface area contributed by atoms with Gasteiger partial charge in [-0.2, -0.15) is 0 Å². The van der Waals surface area contributed by atoms with E-state index >= 15 is 0 Å². The molecule has 2 heterocycles. The number of esters is 1. The molecule has 30 heavy (non-hydrogen) atoms. The first-order chi connectivity index (χ1) is 14.5. The highest BCUT2D eigenvalue weighted by Crippen LogP contribution is 2.25. The minimum absolute atomic E-state index is 0.177. The molecule has 4 rings (SSSR count). The number of halogens is 1. The zero-order valence-corrected chi connectivity index (χ0v) is 17.7. The van der Waals surface area contributed by atoms with Crippen LogP contribution in [0.15, 0.2) is 60.1 Å². The number of imidazole rings is 1. The second kappa shape index (κ2) is 8.69. The molecule has 1 N–H and O–H groups in total. The second-order valence-electron chi connectivity index (χ2n) is 6.60. The molecule has 4 aromatic rings. The lowest BCUT2D eigenvalue weighted by molar-refractivity contribution is -0.116. The van der Waals surface area contributed by atoms with Gasteiger partial charge in [-0.1, -0.05) is 35.9 Å². The van der Waals surface area contributed by atoms with Gasteiger partial charge in [-0.15, -0.1) is 11.3 Å². The average molecular weight is 440 g/mol. The van der Waals surface area contributed by atoms with E-state index in [0.29, 0.717) is 22.7 Å². The Balaban J connectivity index is 1.46. The van der Waals surface area contributed by atoms with Gasteiger partial charge in [0.1, 0.15) is 0 Å². The van der Waals surface area contributed by atoms with Crippen molar-refractivity contribution in [3.63, 3.8) is 0 Å². The van der Waals surface area contributed by atoms with Gasteiger partial charge in [0, 0.05) is 34.3 Å². The van der Waals surface area contributed by atoms with E-state index in [4.69, 9.17) is 16.3 Å². The highest BCUT2D eigenvalue weighted by atomic mass is 35.5. The average Bonchev–Trinajstić information content (AvgIpc) is 3.34. The van der Waals surface area contributed by atoms with E-state index in [0.717, 1.165) is 21.9 Å². The van der Waals surface area contributed by atoms with Gasteiger partial charge in [0.05, 0.1) is 24.1 Å². The largest absolute Gasteiger partial charge is 0.465 e. The summed E-state index contributed by atoms with van der Waals surface area (Å²) < 4.78 is 6.77. The monoisotopic (exact) mass is 439 g/mol. The highest BCUT2D eigenvalue weighted by molar-refractivity contribution is 7.15. The minimum Gasteiger partial charge on any atom is -0.465 e. The Hall–Kier alpha value is -3.16. The van der Waals surface area contributed by atoms with E-state index in [-0.39, 0.29) is 12.3 Å². The topological polar surface area (TPSA) is 72.7 Å². The molecular weight excluding hydrogens is 422 g/mol. The molecule has 152 valence electrons. The Bertz CT molecular complexity index is 1210. The number of amides is 1. The van der Waals surface area contributed by atoms with Gasteiger partial charge in [-0.3, -0.25) is 9.20 Å². The van der Waals surface area contributed by atoms with Gasteiger partial charge in [-0.05, 0) is 30.7 Å². The smallest absolute Gasteiger partial charge is 0.339 e. The molecule has 2 aromatic heterocycles. The molecule has 6 nitrogen and oxygen atoms in total.